The zero-order chi connectivity index (χ0) is 12.1. The number of nitrogens with zero attached hydrogens (tertiary/aromatic N) is 2. The van der Waals surface area contributed by atoms with Crippen LogP contribution in [0.15, 0.2) is 24.5 Å². The van der Waals surface area contributed by atoms with E-state index in [2.05, 4.69) is 10.3 Å². The molecule has 0 bridgehead atoms. The van der Waals surface area contributed by atoms with E-state index < -0.39 is 6.09 Å². The standard InChI is InChI=1S/C11H13N3O3/c15-10(8-14-5-6-17-11(14)16)13-7-9-1-3-12-4-2-9/h1-4H,5-8H2,(H,13,15). The van der Waals surface area contributed by atoms with Crippen LogP contribution in [0, 0.1) is 0 Å². The van der Waals surface area contributed by atoms with E-state index in [1.165, 1.54) is 4.90 Å². The first-order valence-electron chi connectivity index (χ1n) is 5.33. The normalized spacial score (nSPS) is 14.6. The number of pyridine rings is 1. The second-order valence-corrected chi connectivity index (χ2v) is 3.67. The molecule has 1 aliphatic rings. The van der Waals surface area contributed by atoms with Crippen molar-refractivity contribution in [2.24, 2.45) is 0 Å². The number of amides is 2. The third-order valence-electron chi connectivity index (χ3n) is 2.42. The molecule has 2 amide bonds. The lowest BCUT2D eigenvalue weighted by Crippen LogP contribution is -2.37. The van der Waals surface area contributed by atoms with E-state index >= 15 is 0 Å². The highest BCUT2D eigenvalue weighted by molar-refractivity contribution is 5.82. The molecule has 0 aliphatic carbocycles. The number of aromatic nitrogens is 1. The highest BCUT2D eigenvalue weighted by Gasteiger charge is 2.23. The monoisotopic (exact) mass is 235 g/mol. The fourth-order valence-electron chi connectivity index (χ4n) is 1.50. The minimum absolute atomic E-state index is 0.0456. The molecule has 17 heavy (non-hydrogen) atoms. The Morgan fingerprint density at radius 3 is 2.88 bits per heavy atom. The lowest BCUT2D eigenvalue weighted by molar-refractivity contribution is -0.121. The average Bonchev–Trinajstić information content (AvgIpc) is 2.74. The number of hydrogen-bond donors (Lipinski definition) is 1. The summed E-state index contributed by atoms with van der Waals surface area (Å²) >= 11 is 0. The Bertz CT molecular complexity index is 408. The predicted molar refractivity (Wildman–Crippen MR) is 59.0 cm³/mol. The highest BCUT2D eigenvalue weighted by Crippen LogP contribution is 2.02. The van der Waals surface area contributed by atoms with Crippen LogP contribution in [0.2, 0.25) is 0 Å². The van der Waals surface area contributed by atoms with E-state index in [0.29, 0.717) is 19.7 Å². The van der Waals surface area contributed by atoms with E-state index in [-0.39, 0.29) is 12.5 Å². The van der Waals surface area contributed by atoms with Crippen molar-refractivity contribution in [1.82, 2.24) is 15.2 Å². The molecule has 6 heteroatoms. The molecular formula is C11H13N3O3. The molecule has 0 radical (unpaired) electrons. The zero-order valence-corrected chi connectivity index (χ0v) is 9.26. The number of rotatable bonds is 4. The largest absolute Gasteiger partial charge is 0.448 e. The summed E-state index contributed by atoms with van der Waals surface area (Å²) in [6.45, 7) is 1.31. The van der Waals surface area contributed by atoms with Crippen LogP contribution in [-0.2, 0) is 16.1 Å². The van der Waals surface area contributed by atoms with E-state index in [1.807, 2.05) is 12.1 Å². The Morgan fingerprint density at radius 1 is 1.47 bits per heavy atom. The van der Waals surface area contributed by atoms with Gasteiger partial charge in [-0.3, -0.25) is 14.7 Å². The van der Waals surface area contributed by atoms with Gasteiger partial charge in [-0.25, -0.2) is 4.79 Å². The van der Waals surface area contributed by atoms with Gasteiger partial charge in [-0.2, -0.15) is 0 Å². The van der Waals surface area contributed by atoms with Gasteiger partial charge in [0.15, 0.2) is 0 Å². The summed E-state index contributed by atoms with van der Waals surface area (Å²) < 4.78 is 4.73. The molecule has 1 aliphatic heterocycles. The number of ether oxygens (including phenoxy) is 1. The third-order valence-corrected chi connectivity index (χ3v) is 2.42. The van der Waals surface area contributed by atoms with Gasteiger partial charge in [-0.05, 0) is 17.7 Å². The summed E-state index contributed by atoms with van der Waals surface area (Å²) in [5, 5.41) is 2.73. The van der Waals surface area contributed by atoms with Crippen LogP contribution in [0.3, 0.4) is 0 Å². The second kappa shape index (κ2) is 5.29. The first-order valence-corrected chi connectivity index (χ1v) is 5.33. The predicted octanol–water partition coefficient (Wildman–Crippen LogP) is 0.150. The summed E-state index contributed by atoms with van der Waals surface area (Å²) in [7, 11) is 0. The Balaban J connectivity index is 1.76. The molecule has 0 spiro atoms. The van der Waals surface area contributed by atoms with E-state index in [1.54, 1.807) is 12.4 Å². The van der Waals surface area contributed by atoms with Crippen LogP contribution < -0.4 is 5.32 Å². The average molecular weight is 235 g/mol. The van der Waals surface area contributed by atoms with Gasteiger partial charge in [0.2, 0.25) is 5.91 Å². The maximum atomic E-state index is 11.5. The summed E-state index contributed by atoms with van der Waals surface area (Å²) in [4.78, 5) is 27.9. The number of nitrogens with one attached hydrogen (secondary N) is 1. The molecule has 0 aromatic carbocycles. The van der Waals surface area contributed by atoms with E-state index in [9.17, 15) is 9.59 Å². The number of carbonyl (C=O) groups excluding carboxylic acids is 2. The van der Waals surface area contributed by atoms with Crippen LogP contribution in [-0.4, -0.2) is 41.6 Å². The first kappa shape index (κ1) is 11.4. The van der Waals surface area contributed by atoms with Crippen molar-refractivity contribution in [2.45, 2.75) is 6.54 Å². The van der Waals surface area contributed by atoms with Gasteiger partial charge in [0, 0.05) is 18.9 Å². The molecule has 90 valence electrons. The third kappa shape index (κ3) is 3.17. The molecular weight excluding hydrogens is 222 g/mol. The van der Waals surface area contributed by atoms with Gasteiger partial charge in [0.1, 0.15) is 13.2 Å². The molecule has 1 N–H and O–H groups in total. The van der Waals surface area contributed by atoms with Gasteiger partial charge in [-0.15, -0.1) is 0 Å². The molecule has 2 heterocycles. The Labute approximate surface area is 98.6 Å². The summed E-state index contributed by atoms with van der Waals surface area (Å²) in [6.07, 6.45) is 2.91. The van der Waals surface area contributed by atoms with Crippen molar-refractivity contribution in [3.05, 3.63) is 30.1 Å². The van der Waals surface area contributed by atoms with Crippen molar-refractivity contribution in [2.75, 3.05) is 19.7 Å². The Morgan fingerprint density at radius 2 is 2.24 bits per heavy atom. The van der Waals surface area contributed by atoms with E-state index in [0.717, 1.165) is 5.56 Å². The van der Waals surface area contributed by atoms with Crippen molar-refractivity contribution in [1.29, 1.82) is 0 Å². The fraction of sp³-hybridized carbons (Fsp3) is 0.364. The molecule has 1 aromatic rings. The topological polar surface area (TPSA) is 71.5 Å². The summed E-state index contributed by atoms with van der Waals surface area (Å²) in [6, 6.07) is 3.65. The molecule has 1 saturated heterocycles. The van der Waals surface area contributed by atoms with Crippen LogP contribution in [0.25, 0.3) is 0 Å². The molecule has 2 rings (SSSR count). The van der Waals surface area contributed by atoms with Gasteiger partial charge in [0.25, 0.3) is 0 Å². The molecule has 1 fully saturated rings. The van der Waals surface area contributed by atoms with Crippen molar-refractivity contribution in [3.63, 3.8) is 0 Å². The summed E-state index contributed by atoms with van der Waals surface area (Å²) in [5.74, 6) is -0.194. The Kier molecular flexibility index (Phi) is 3.54. The van der Waals surface area contributed by atoms with Crippen molar-refractivity contribution < 1.29 is 14.3 Å². The van der Waals surface area contributed by atoms with E-state index in [4.69, 9.17) is 4.74 Å². The lowest BCUT2D eigenvalue weighted by Gasteiger charge is -2.12. The molecule has 0 saturated carbocycles. The van der Waals surface area contributed by atoms with Crippen molar-refractivity contribution in [3.8, 4) is 0 Å². The molecule has 6 nitrogen and oxygen atoms in total. The van der Waals surface area contributed by atoms with Gasteiger partial charge < -0.3 is 10.1 Å². The van der Waals surface area contributed by atoms with Crippen LogP contribution >= 0.6 is 0 Å². The van der Waals surface area contributed by atoms with Crippen molar-refractivity contribution >= 4 is 12.0 Å². The number of hydrogen-bond acceptors (Lipinski definition) is 4. The second-order valence-electron chi connectivity index (χ2n) is 3.67. The maximum Gasteiger partial charge on any atom is 0.410 e. The Hall–Kier alpha value is -2.11. The number of carbonyl (C=O) groups is 2. The molecule has 0 unspecified atom stereocenters. The lowest BCUT2D eigenvalue weighted by atomic mass is 10.3. The quantitative estimate of drug-likeness (QED) is 0.806. The minimum Gasteiger partial charge on any atom is -0.448 e. The van der Waals surface area contributed by atoms with Gasteiger partial charge >= 0.3 is 6.09 Å². The van der Waals surface area contributed by atoms with Crippen LogP contribution in [0.5, 0.6) is 0 Å². The van der Waals surface area contributed by atoms with Gasteiger partial charge in [0.05, 0.1) is 6.54 Å². The molecule has 0 atom stereocenters. The molecule has 1 aromatic heterocycles. The maximum absolute atomic E-state index is 11.5. The SMILES string of the molecule is O=C(CN1CCOC1=O)NCc1ccncc1. The fourth-order valence-corrected chi connectivity index (χ4v) is 1.50. The van der Waals surface area contributed by atoms with Gasteiger partial charge in [-0.1, -0.05) is 0 Å². The number of cyclic esters (lactones) is 1. The summed E-state index contributed by atoms with van der Waals surface area (Å²) in [5.41, 5.74) is 0.970. The van der Waals surface area contributed by atoms with Crippen LogP contribution in [0.4, 0.5) is 4.79 Å². The van der Waals surface area contributed by atoms with Crippen LogP contribution in [0.1, 0.15) is 5.56 Å². The minimum atomic E-state index is -0.427. The first-order chi connectivity index (χ1) is 8.25. The smallest absolute Gasteiger partial charge is 0.410 e. The highest BCUT2D eigenvalue weighted by atomic mass is 16.6. The zero-order valence-electron chi connectivity index (χ0n) is 9.26.